The van der Waals surface area contributed by atoms with Crippen LogP contribution in [0.5, 0.6) is 0 Å². The van der Waals surface area contributed by atoms with Gasteiger partial charge in [0.1, 0.15) is 0 Å². The van der Waals surface area contributed by atoms with Crippen molar-refractivity contribution in [2.75, 3.05) is 19.7 Å². The van der Waals surface area contributed by atoms with Crippen molar-refractivity contribution in [3.8, 4) is 0 Å². The Morgan fingerprint density at radius 3 is 2.38 bits per heavy atom. The van der Waals surface area contributed by atoms with Crippen molar-refractivity contribution in [3.63, 3.8) is 0 Å². The van der Waals surface area contributed by atoms with Gasteiger partial charge in [-0.15, -0.1) is 0 Å². The van der Waals surface area contributed by atoms with Crippen molar-refractivity contribution in [1.82, 2.24) is 10.6 Å². The van der Waals surface area contributed by atoms with E-state index in [9.17, 15) is 9.90 Å². The van der Waals surface area contributed by atoms with Crippen molar-refractivity contribution < 1.29 is 9.90 Å². The summed E-state index contributed by atoms with van der Waals surface area (Å²) >= 11 is 5.93. The molecule has 2 aromatic carbocycles. The summed E-state index contributed by atoms with van der Waals surface area (Å²) in [6.07, 6.45) is 0.649. The van der Waals surface area contributed by atoms with Crippen molar-refractivity contribution in [1.29, 1.82) is 0 Å². The van der Waals surface area contributed by atoms with E-state index in [4.69, 9.17) is 11.6 Å². The maximum absolute atomic E-state index is 12.9. The zero-order chi connectivity index (χ0) is 17.0. The molecule has 0 aromatic heterocycles. The van der Waals surface area contributed by atoms with Gasteiger partial charge in [-0.25, -0.2) is 0 Å². The van der Waals surface area contributed by atoms with E-state index in [1.807, 2.05) is 54.6 Å². The van der Waals surface area contributed by atoms with E-state index >= 15 is 0 Å². The lowest BCUT2D eigenvalue weighted by Gasteiger charge is -2.42. The molecule has 0 unspecified atom stereocenters. The van der Waals surface area contributed by atoms with E-state index in [1.165, 1.54) is 0 Å². The Labute approximate surface area is 146 Å². The first kappa shape index (κ1) is 17.0. The normalized spacial score (nSPS) is 16.9. The molecule has 0 radical (unpaired) electrons. The number of nitrogens with one attached hydrogen (secondary N) is 2. The number of aliphatic hydroxyl groups is 1. The first-order chi connectivity index (χ1) is 11.6. The molecule has 126 valence electrons. The van der Waals surface area contributed by atoms with E-state index in [2.05, 4.69) is 10.6 Å². The highest BCUT2D eigenvalue weighted by atomic mass is 35.5. The topological polar surface area (TPSA) is 61.4 Å². The molecule has 1 atom stereocenters. The van der Waals surface area contributed by atoms with Crippen LogP contribution < -0.4 is 10.6 Å². The molecule has 1 amide bonds. The highest BCUT2D eigenvalue weighted by Crippen LogP contribution is 2.29. The number of aliphatic hydroxyl groups excluding tert-OH is 1. The number of halogens is 1. The largest absolute Gasteiger partial charge is 0.394 e. The van der Waals surface area contributed by atoms with E-state index in [0.29, 0.717) is 24.5 Å². The van der Waals surface area contributed by atoms with Crippen molar-refractivity contribution in [2.45, 2.75) is 12.5 Å². The van der Waals surface area contributed by atoms with Crippen LogP contribution in [0, 0.1) is 5.41 Å². The minimum atomic E-state index is -0.476. The van der Waals surface area contributed by atoms with Gasteiger partial charge in [-0.3, -0.25) is 4.79 Å². The zero-order valence-electron chi connectivity index (χ0n) is 13.3. The standard InChI is InChI=1S/C19H21ClN2O2/c20-16-8-6-14(7-9-16)10-19(12-21-13-19)18(24)22-17(11-23)15-4-2-1-3-5-15/h1-9,17,21,23H,10-13H2,(H,22,24)/t17-/m1/s1. The smallest absolute Gasteiger partial charge is 0.229 e. The van der Waals surface area contributed by atoms with Gasteiger partial charge >= 0.3 is 0 Å². The maximum atomic E-state index is 12.9. The molecule has 1 saturated heterocycles. The predicted octanol–water partition coefficient (Wildman–Crippen LogP) is 2.32. The Hall–Kier alpha value is -1.88. The van der Waals surface area contributed by atoms with E-state index < -0.39 is 5.41 Å². The molecular formula is C19H21ClN2O2. The molecule has 0 aliphatic carbocycles. The van der Waals surface area contributed by atoms with Crippen LogP contribution in [0.2, 0.25) is 5.02 Å². The molecule has 0 bridgehead atoms. The number of carbonyl (C=O) groups is 1. The number of rotatable bonds is 6. The molecular weight excluding hydrogens is 324 g/mol. The van der Waals surface area contributed by atoms with Crippen molar-refractivity contribution in [2.24, 2.45) is 5.41 Å². The monoisotopic (exact) mass is 344 g/mol. The lowest BCUT2D eigenvalue weighted by molar-refractivity contribution is -0.135. The van der Waals surface area contributed by atoms with Crippen molar-refractivity contribution >= 4 is 17.5 Å². The van der Waals surface area contributed by atoms with Crippen LogP contribution in [0.3, 0.4) is 0 Å². The summed E-state index contributed by atoms with van der Waals surface area (Å²) in [6.45, 7) is 1.14. The van der Waals surface area contributed by atoms with Crippen LogP contribution in [0.1, 0.15) is 17.2 Å². The van der Waals surface area contributed by atoms with Crippen LogP contribution in [0.15, 0.2) is 54.6 Å². The minimum Gasteiger partial charge on any atom is -0.394 e. The number of amides is 1. The Balaban J connectivity index is 1.72. The highest BCUT2D eigenvalue weighted by Gasteiger charge is 2.44. The van der Waals surface area contributed by atoms with Gasteiger partial charge in [-0.1, -0.05) is 54.1 Å². The molecule has 1 aliphatic heterocycles. The molecule has 5 heteroatoms. The van der Waals surface area contributed by atoms with Gasteiger partial charge < -0.3 is 15.7 Å². The summed E-state index contributed by atoms with van der Waals surface area (Å²) in [5, 5.41) is 16.5. The molecule has 1 heterocycles. The van der Waals surface area contributed by atoms with Gasteiger partial charge in [0, 0.05) is 18.1 Å². The summed E-state index contributed by atoms with van der Waals surface area (Å²) in [5.41, 5.74) is 1.51. The molecule has 24 heavy (non-hydrogen) atoms. The summed E-state index contributed by atoms with van der Waals surface area (Å²) < 4.78 is 0. The average molecular weight is 345 g/mol. The maximum Gasteiger partial charge on any atom is 0.229 e. The molecule has 1 aliphatic rings. The molecule has 3 N–H and O–H groups in total. The lowest BCUT2D eigenvalue weighted by atomic mass is 9.75. The van der Waals surface area contributed by atoms with Gasteiger partial charge in [-0.05, 0) is 29.7 Å². The summed E-state index contributed by atoms with van der Waals surface area (Å²) in [7, 11) is 0. The fraction of sp³-hybridized carbons (Fsp3) is 0.316. The Kier molecular flexibility index (Phi) is 5.19. The lowest BCUT2D eigenvalue weighted by Crippen LogP contribution is -2.63. The fourth-order valence-corrected chi connectivity index (χ4v) is 3.14. The zero-order valence-corrected chi connectivity index (χ0v) is 14.1. The molecule has 0 spiro atoms. The van der Waals surface area contributed by atoms with E-state index in [0.717, 1.165) is 11.1 Å². The molecule has 3 rings (SSSR count). The van der Waals surface area contributed by atoms with Crippen LogP contribution in [-0.4, -0.2) is 30.7 Å². The predicted molar refractivity (Wildman–Crippen MR) is 94.9 cm³/mol. The summed E-state index contributed by atoms with van der Waals surface area (Å²) in [6, 6.07) is 16.7. The third kappa shape index (κ3) is 3.61. The summed E-state index contributed by atoms with van der Waals surface area (Å²) in [4.78, 5) is 12.9. The molecule has 1 fully saturated rings. The first-order valence-corrected chi connectivity index (χ1v) is 8.43. The van der Waals surface area contributed by atoms with Crippen LogP contribution in [-0.2, 0) is 11.2 Å². The van der Waals surface area contributed by atoms with Crippen molar-refractivity contribution in [3.05, 3.63) is 70.7 Å². The average Bonchev–Trinajstić information content (AvgIpc) is 2.58. The second-order valence-electron chi connectivity index (χ2n) is 6.31. The second kappa shape index (κ2) is 7.34. The first-order valence-electron chi connectivity index (χ1n) is 8.05. The molecule has 0 saturated carbocycles. The number of benzene rings is 2. The van der Waals surface area contributed by atoms with Crippen LogP contribution in [0.25, 0.3) is 0 Å². The number of hydrogen-bond donors (Lipinski definition) is 3. The Morgan fingerprint density at radius 1 is 1.17 bits per heavy atom. The van der Waals surface area contributed by atoms with Crippen LogP contribution >= 0.6 is 11.6 Å². The highest BCUT2D eigenvalue weighted by molar-refractivity contribution is 6.30. The number of hydrogen-bond acceptors (Lipinski definition) is 3. The third-order valence-electron chi connectivity index (χ3n) is 4.55. The fourth-order valence-electron chi connectivity index (χ4n) is 3.02. The molecule has 2 aromatic rings. The second-order valence-corrected chi connectivity index (χ2v) is 6.74. The van der Waals surface area contributed by atoms with Gasteiger partial charge in [0.05, 0.1) is 18.1 Å². The Bertz CT molecular complexity index is 684. The SMILES string of the molecule is O=C(N[C@H](CO)c1ccccc1)C1(Cc2ccc(Cl)cc2)CNC1. The van der Waals surface area contributed by atoms with Gasteiger partial charge in [-0.2, -0.15) is 0 Å². The van der Waals surface area contributed by atoms with Gasteiger partial charge in [0.15, 0.2) is 0 Å². The van der Waals surface area contributed by atoms with Crippen LogP contribution in [0.4, 0.5) is 0 Å². The third-order valence-corrected chi connectivity index (χ3v) is 4.81. The minimum absolute atomic E-state index is 0.0286. The number of carbonyl (C=O) groups excluding carboxylic acids is 1. The summed E-state index contributed by atoms with van der Waals surface area (Å²) in [5.74, 6) is -0.0286. The van der Waals surface area contributed by atoms with E-state index in [-0.39, 0.29) is 18.6 Å². The Morgan fingerprint density at radius 2 is 1.83 bits per heavy atom. The van der Waals surface area contributed by atoms with Gasteiger partial charge in [0.25, 0.3) is 0 Å². The van der Waals surface area contributed by atoms with E-state index in [1.54, 1.807) is 0 Å². The quantitative estimate of drug-likeness (QED) is 0.753. The molecule has 4 nitrogen and oxygen atoms in total. The van der Waals surface area contributed by atoms with Gasteiger partial charge in [0.2, 0.25) is 5.91 Å².